The Hall–Kier alpha value is -2.47. The van der Waals surface area contributed by atoms with Crippen LogP contribution in [0.5, 0.6) is 0 Å². The zero-order valence-electron chi connectivity index (χ0n) is 12.1. The second-order valence-corrected chi connectivity index (χ2v) is 6.06. The van der Waals surface area contributed by atoms with Gasteiger partial charge in [0.05, 0.1) is 17.4 Å². The van der Waals surface area contributed by atoms with Crippen LogP contribution in [0.2, 0.25) is 0 Å². The Kier molecular flexibility index (Phi) is 2.91. The number of hydrogen-bond donors (Lipinski definition) is 2. The van der Waals surface area contributed by atoms with Crippen molar-refractivity contribution in [3.05, 3.63) is 50.9 Å². The Bertz CT molecular complexity index is 866. The number of rotatable bonds is 3. The van der Waals surface area contributed by atoms with Gasteiger partial charge in [0, 0.05) is 17.0 Å². The van der Waals surface area contributed by atoms with Crippen LogP contribution in [0.25, 0.3) is 10.9 Å². The summed E-state index contributed by atoms with van der Waals surface area (Å²) in [4.78, 5) is 23.0. The van der Waals surface area contributed by atoms with Crippen molar-refractivity contribution >= 4 is 22.3 Å². The number of fused-ring (bicyclic) bond motifs is 1. The largest absolute Gasteiger partial charge is 0.285 e. The highest BCUT2D eigenvalue weighted by molar-refractivity contribution is 5.83. The van der Waals surface area contributed by atoms with Gasteiger partial charge in [-0.05, 0) is 39.0 Å². The molecule has 108 valence electrons. The first-order valence-electron chi connectivity index (χ1n) is 6.66. The van der Waals surface area contributed by atoms with Crippen molar-refractivity contribution in [1.82, 2.24) is 15.6 Å². The second kappa shape index (κ2) is 4.53. The maximum atomic E-state index is 11.8. The first-order chi connectivity index (χ1) is 9.85. The van der Waals surface area contributed by atoms with Crippen molar-refractivity contribution in [2.24, 2.45) is 0 Å². The maximum Gasteiger partial charge on any atom is 0.250 e. The normalized spacial score (nSPS) is 12.1. The van der Waals surface area contributed by atoms with Gasteiger partial charge in [-0.2, -0.15) is 5.10 Å². The van der Waals surface area contributed by atoms with Gasteiger partial charge in [-0.15, -0.1) is 0 Å². The highest BCUT2D eigenvalue weighted by Crippen LogP contribution is 2.25. The molecule has 3 rings (SSSR count). The molecule has 0 saturated heterocycles. The molecule has 2 aromatic carbocycles. The first-order valence-corrected chi connectivity index (χ1v) is 6.66. The van der Waals surface area contributed by atoms with E-state index in [-0.39, 0.29) is 5.54 Å². The summed E-state index contributed by atoms with van der Waals surface area (Å²) in [7, 11) is 0. The summed E-state index contributed by atoms with van der Waals surface area (Å²) in [5, 5.41) is 9.52. The van der Waals surface area contributed by atoms with Gasteiger partial charge in [-0.1, -0.05) is 0 Å². The lowest BCUT2D eigenvalue weighted by atomic mass is 10.1. The molecule has 1 aromatic heterocycles. The van der Waals surface area contributed by atoms with E-state index in [2.05, 4.69) is 15.6 Å². The van der Waals surface area contributed by atoms with Gasteiger partial charge in [-0.25, -0.2) is 5.43 Å². The zero-order chi connectivity index (χ0) is 15.2. The first kappa shape index (κ1) is 13.5. The van der Waals surface area contributed by atoms with Gasteiger partial charge in [0.25, 0.3) is 5.43 Å². The summed E-state index contributed by atoms with van der Waals surface area (Å²) in [5.74, 6) is 0. The third-order valence-corrected chi connectivity index (χ3v) is 3.10. The van der Waals surface area contributed by atoms with E-state index >= 15 is 0 Å². The van der Waals surface area contributed by atoms with Gasteiger partial charge < -0.3 is 0 Å². The molecule has 6 heteroatoms. The molecule has 0 fully saturated rings. The number of benzene rings is 1. The lowest BCUT2D eigenvalue weighted by Crippen LogP contribution is -2.51. The number of H-pyrrole nitrogens is 1. The molecule has 3 aromatic rings. The summed E-state index contributed by atoms with van der Waals surface area (Å²) in [6.07, 6.45) is 1.73. The minimum atomic E-state index is -0.476. The van der Waals surface area contributed by atoms with Crippen molar-refractivity contribution in [1.29, 1.82) is 0 Å². The van der Waals surface area contributed by atoms with E-state index < -0.39 is 10.9 Å². The second-order valence-electron chi connectivity index (χ2n) is 6.06. The molecular formula is C15H16N4O2. The Morgan fingerprint density at radius 3 is 2.57 bits per heavy atom. The van der Waals surface area contributed by atoms with Gasteiger partial charge in [0.15, 0.2) is 0 Å². The number of nitrogens with zero attached hydrogens (tertiary/aromatic N) is 2. The van der Waals surface area contributed by atoms with Crippen LogP contribution in [0, 0.1) is 0 Å². The fourth-order valence-corrected chi connectivity index (χ4v) is 2.13. The topological polar surface area (TPSA) is 78.1 Å². The number of nitrogens with one attached hydrogen (secondary N) is 2. The summed E-state index contributed by atoms with van der Waals surface area (Å²) >= 11 is 0. The lowest BCUT2D eigenvalue weighted by Gasteiger charge is -2.33. The lowest BCUT2D eigenvalue weighted by molar-refractivity contribution is 0.431. The number of aromatic amines is 1. The van der Waals surface area contributed by atoms with Crippen molar-refractivity contribution in [2.75, 3.05) is 5.01 Å². The van der Waals surface area contributed by atoms with Crippen molar-refractivity contribution in [3.8, 4) is 0 Å². The third kappa shape index (κ3) is 2.45. The molecule has 0 radical (unpaired) electrons. The molecule has 0 aliphatic rings. The molecule has 0 saturated carbocycles. The molecule has 0 unspecified atom stereocenters. The zero-order valence-corrected chi connectivity index (χ0v) is 12.1. The van der Waals surface area contributed by atoms with Crippen molar-refractivity contribution in [3.63, 3.8) is 0 Å². The average Bonchev–Trinajstić information content (AvgIpc) is 2.88. The smallest absolute Gasteiger partial charge is 0.250 e. The van der Waals surface area contributed by atoms with Gasteiger partial charge in [-0.3, -0.25) is 19.7 Å². The monoisotopic (exact) mass is 284 g/mol. The van der Waals surface area contributed by atoms with Gasteiger partial charge in [0.1, 0.15) is 5.69 Å². The van der Waals surface area contributed by atoms with Gasteiger partial charge in [0.2, 0.25) is 5.43 Å². The van der Waals surface area contributed by atoms with E-state index in [0.29, 0.717) is 5.69 Å². The van der Waals surface area contributed by atoms with Crippen LogP contribution in [0.4, 0.5) is 11.4 Å². The minimum absolute atomic E-state index is 0.261. The molecule has 0 aliphatic carbocycles. The molecule has 0 atom stereocenters. The van der Waals surface area contributed by atoms with Crippen LogP contribution < -0.4 is 21.3 Å². The summed E-state index contributed by atoms with van der Waals surface area (Å²) in [5.41, 5.74) is 4.03. The van der Waals surface area contributed by atoms with Crippen LogP contribution in [0.1, 0.15) is 20.8 Å². The number of anilines is 2. The fraction of sp³-hybridized carbons (Fsp3) is 0.267. The molecular weight excluding hydrogens is 268 g/mol. The average molecular weight is 284 g/mol. The van der Waals surface area contributed by atoms with E-state index in [1.165, 1.54) is 6.07 Å². The van der Waals surface area contributed by atoms with Crippen molar-refractivity contribution < 1.29 is 0 Å². The van der Waals surface area contributed by atoms with Crippen LogP contribution in [-0.2, 0) is 0 Å². The molecule has 6 nitrogen and oxygen atoms in total. The van der Waals surface area contributed by atoms with E-state index in [4.69, 9.17) is 0 Å². The molecule has 2 N–H and O–H groups in total. The molecule has 0 amide bonds. The fourth-order valence-electron chi connectivity index (χ4n) is 2.13. The summed E-state index contributed by atoms with van der Waals surface area (Å²) in [6.45, 7) is 5.96. The third-order valence-electron chi connectivity index (χ3n) is 3.10. The molecule has 1 heterocycles. The Morgan fingerprint density at radius 2 is 1.95 bits per heavy atom. The summed E-state index contributed by atoms with van der Waals surface area (Å²) < 4.78 is 0. The van der Waals surface area contributed by atoms with Gasteiger partial charge >= 0.3 is 0 Å². The maximum absolute atomic E-state index is 11.8. The highest BCUT2D eigenvalue weighted by atomic mass is 16.2. The van der Waals surface area contributed by atoms with Crippen LogP contribution in [-0.4, -0.2) is 15.7 Å². The number of hydrogen-bond acceptors (Lipinski definition) is 5. The number of aromatic nitrogens is 2. The van der Waals surface area contributed by atoms with E-state index in [9.17, 15) is 9.59 Å². The molecule has 0 bridgehead atoms. The summed E-state index contributed by atoms with van der Waals surface area (Å²) in [6, 6.07) is 7.03. The minimum Gasteiger partial charge on any atom is -0.285 e. The highest BCUT2D eigenvalue weighted by Gasteiger charge is 2.23. The van der Waals surface area contributed by atoms with Crippen LogP contribution in [0.15, 0.2) is 40.1 Å². The predicted octanol–water partition coefficient (Wildman–Crippen LogP) is 1.60. The Morgan fingerprint density at radius 1 is 1.19 bits per heavy atom. The quantitative estimate of drug-likeness (QED) is 0.564. The van der Waals surface area contributed by atoms with E-state index in [1.807, 2.05) is 39.0 Å². The standard InChI is InChI=1S/C15H16N4O2/c1-15(2,3)18-19(12-7-13(20)14(12)21)10-5-4-9-8-16-17-11(9)6-10/h4-8,18H,1-3H3,(H,16,17). The van der Waals surface area contributed by atoms with E-state index in [1.54, 1.807) is 11.2 Å². The molecule has 21 heavy (non-hydrogen) atoms. The Balaban J connectivity index is 2.08. The Labute approximate surface area is 121 Å². The predicted molar refractivity (Wildman–Crippen MR) is 82.5 cm³/mol. The van der Waals surface area contributed by atoms with Crippen LogP contribution in [0.3, 0.4) is 0 Å². The van der Waals surface area contributed by atoms with Crippen LogP contribution >= 0.6 is 0 Å². The van der Waals surface area contributed by atoms with Crippen molar-refractivity contribution in [2.45, 2.75) is 26.3 Å². The number of hydrazine groups is 1. The molecule has 0 aliphatic heterocycles. The van der Waals surface area contributed by atoms with E-state index in [0.717, 1.165) is 16.6 Å². The molecule has 0 spiro atoms. The SMILES string of the molecule is CC(C)(C)NN(c1ccc2cn[nH]c2c1)c1cc(=O)c1=O.